The van der Waals surface area contributed by atoms with Gasteiger partial charge in [0.15, 0.2) is 5.78 Å². The number of aromatic nitrogens is 4. The number of Topliss-reactive ketones (excluding diaryl/α,β-unsaturated/α-hetero) is 1. The first kappa shape index (κ1) is 9.66. The van der Waals surface area contributed by atoms with Crippen LogP contribution in [0.5, 0.6) is 0 Å². The summed E-state index contributed by atoms with van der Waals surface area (Å²) in [6, 6.07) is 0. The zero-order chi connectivity index (χ0) is 11.0. The molecule has 0 fully saturated rings. The molecule has 2 rings (SSSR count). The zero-order valence-electron chi connectivity index (χ0n) is 7.40. The Morgan fingerprint density at radius 3 is 3.07 bits per heavy atom. The van der Waals surface area contributed by atoms with Gasteiger partial charge in [0.05, 0.1) is 5.88 Å². The molecule has 15 heavy (non-hydrogen) atoms. The highest BCUT2D eigenvalue weighted by Gasteiger charge is 2.17. The van der Waals surface area contributed by atoms with Crippen molar-refractivity contribution in [1.82, 2.24) is 19.6 Å². The fourth-order valence-electron chi connectivity index (χ4n) is 1.23. The van der Waals surface area contributed by atoms with Gasteiger partial charge in [0.1, 0.15) is 17.7 Å². The van der Waals surface area contributed by atoms with Crippen molar-refractivity contribution in [2.75, 3.05) is 11.6 Å². The quantitative estimate of drug-likeness (QED) is 0.527. The van der Waals surface area contributed by atoms with Gasteiger partial charge in [-0.15, -0.1) is 11.6 Å². The molecule has 0 radical (unpaired) electrons. The van der Waals surface area contributed by atoms with Crippen molar-refractivity contribution in [2.24, 2.45) is 0 Å². The summed E-state index contributed by atoms with van der Waals surface area (Å²) in [4.78, 5) is 28.9. The predicted molar refractivity (Wildman–Crippen MR) is 53.1 cm³/mol. The molecule has 0 aliphatic heterocycles. The third-order valence-electron chi connectivity index (χ3n) is 1.88. The van der Waals surface area contributed by atoms with Gasteiger partial charge in [-0.25, -0.2) is 0 Å². The van der Waals surface area contributed by atoms with E-state index in [9.17, 15) is 9.59 Å². The number of hydrogen-bond acceptors (Lipinski definition) is 5. The fraction of sp³-hybridized carbons (Fsp3) is 0.143. The summed E-state index contributed by atoms with van der Waals surface area (Å²) in [6.45, 7) is 0. The first-order valence-corrected chi connectivity index (χ1v) is 4.49. The van der Waals surface area contributed by atoms with E-state index in [1.807, 2.05) is 0 Å². The maximum atomic E-state index is 11.5. The van der Waals surface area contributed by atoms with E-state index in [0.717, 1.165) is 0 Å². The molecule has 0 spiro atoms. The number of nitrogens with two attached hydrogens (primary N) is 1. The number of ketones is 1. The van der Waals surface area contributed by atoms with Crippen molar-refractivity contribution in [3.8, 4) is 0 Å². The Kier molecular flexibility index (Phi) is 2.16. The second-order valence-corrected chi connectivity index (χ2v) is 3.03. The topological polar surface area (TPSA) is 106 Å². The highest BCUT2D eigenvalue weighted by molar-refractivity contribution is 6.31. The third-order valence-corrected chi connectivity index (χ3v) is 2.13. The Morgan fingerprint density at radius 2 is 2.40 bits per heavy atom. The molecule has 0 amide bonds. The lowest BCUT2D eigenvalue weighted by atomic mass is 10.2. The predicted octanol–water partition coefficient (Wildman–Crippen LogP) is -0.579. The molecular weight excluding hydrogens is 222 g/mol. The van der Waals surface area contributed by atoms with E-state index in [0.29, 0.717) is 0 Å². The number of fused-ring (bicyclic) bond motifs is 1. The number of nitrogen functional groups attached to an aromatic ring is 1. The second-order valence-electron chi connectivity index (χ2n) is 2.77. The summed E-state index contributed by atoms with van der Waals surface area (Å²) in [5, 5.41) is 3.75. The first-order valence-electron chi connectivity index (χ1n) is 3.95. The number of aromatic amines is 1. The van der Waals surface area contributed by atoms with Crippen molar-refractivity contribution in [3.05, 3.63) is 22.2 Å². The molecule has 0 unspecified atom stereocenters. The number of halogens is 1. The van der Waals surface area contributed by atoms with Crippen LogP contribution in [-0.2, 0) is 0 Å². The van der Waals surface area contributed by atoms with Crippen LogP contribution >= 0.6 is 11.6 Å². The number of carbonyl (C=O) groups is 1. The van der Waals surface area contributed by atoms with Gasteiger partial charge in [-0.2, -0.15) is 14.6 Å². The average molecular weight is 228 g/mol. The lowest BCUT2D eigenvalue weighted by molar-refractivity contribution is 0.102. The van der Waals surface area contributed by atoms with E-state index < -0.39 is 11.3 Å². The van der Waals surface area contributed by atoms with Crippen LogP contribution in [0.15, 0.2) is 11.1 Å². The van der Waals surface area contributed by atoms with E-state index in [4.69, 9.17) is 17.3 Å². The second kappa shape index (κ2) is 3.35. The summed E-state index contributed by atoms with van der Waals surface area (Å²) in [7, 11) is 0. The van der Waals surface area contributed by atoms with Gasteiger partial charge in [-0.1, -0.05) is 0 Å². The molecule has 0 saturated heterocycles. The van der Waals surface area contributed by atoms with Crippen LogP contribution in [0.25, 0.3) is 5.78 Å². The zero-order valence-corrected chi connectivity index (χ0v) is 8.15. The van der Waals surface area contributed by atoms with Gasteiger partial charge < -0.3 is 5.73 Å². The minimum Gasteiger partial charge on any atom is -0.383 e. The molecular formula is C7H6ClN5O2. The number of nitrogens with zero attached hydrogens (tertiary/aromatic N) is 3. The van der Waals surface area contributed by atoms with Gasteiger partial charge >= 0.3 is 0 Å². The highest BCUT2D eigenvalue weighted by atomic mass is 35.5. The molecule has 2 aromatic heterocycles. The standard InChI is InChI=1S/C7H6ClN5O2/c8-1-3(14)4-5(9)13-7(10-2-11-13)12-6(4)15/h2H,1,9H2,(H,10,11,12,15). The molecule has 0 aromatic carbocycles. The SMILES string of the molecule is Nc1c(C(=O)CCl)c(=O)[nH]c2ncnn12. The number of nitrogens with one attached hydrogen (secondary N) is 1. The monoisotopic (exact) mass is 227 g/mol. The Hall–Kier alpha value is -1.89. The van der Waals surface area contributed by atoms with Gasteiger partial charge in [-0.05, 0) is 0 Å². The minimum atomic E-state index is -0.612. The molecule has 0 saturated carbocycles. The van der Waals surface area contributed by atoms with Gasteiger partial charge in [-0.3, -0.25) is 14.6 Å². The van der Waals surface area contributed by atoms with Crippen LogP contribution in [0, 0.1) is 0 Å². The van der Waals surface area contributed by atoms with E-state index in [2.05, 4.69) is 15.1 Å². The van der Waals surface area contributed by atoms with Gasteiger partial charge in [0.25, 0.3) is 5.56 Å². The Bertz CT molecular complexity index is 587. The van der Waals surface area contributed by atoms with E-state index in [1.165, 1.54) is 10.8 Å². The summed E-state index contributed by atoms with van der Waals surface area (Å²) in [5.41, 5.74) is 4.80. The number of carbonyl (C=O) groups excluding carboxylic acids is 1. The maximum Gasteiger partial charge on any atom is 0.265 e. The minimum absolute atomic E-state index is 0.0584. The lowest BCUT2D eigenvalue weighted by Gasteiger charge is -2.02. The molecule has 7 nitrogen and oxygen atoms in total. The van der Waals surface area contributed by atoms with Gasteiger partial charge in [0.2, 0.25) is 5.78 Å². The molecule has 0 bridgehead atoms. The van der Waals surface area contributed by atoms with Crippen molar-refractivity contribution in [3.63, 3.8) is 0 Å². The van der Waals surface area contributed by atoms with Crippen molar-refractivity contribution < 1.29 is 4.79 Å². The van der Waals surface area contributed by atoms with Crippen molar-refractivity contribution in [2.45, 2.75) is 0 Å². The number of H-pyrrole nitrogens is 1. The van der Waals surface area contributed by atoms with Crippen molar-refractivity contribution >= 4 is 29.0 Å². The van der Waals surface area contributed by atoms with Crippen LogP contribution in [0.2, 0.25) is 0 Å². The van der Waals surface area contributed by atoms with E-state index in [-0.39, 0.29) is 23.0 Å². The van der Waals surface area contributed by atoms with Crippen LogP contribution in [0.1, 0.15) is 10.4 Å². The fourth-order valence-corrected chi connectivity index (χ4v) is 1.36. The molecule has 78 valence electrons. The summed E-state index contributed by atoms with van der Waals surface area (Å²) in [6.07, 6.45) is 1.22. The molecule has 8 heteroatoms. The van der Waals surface area contributed by atoms with E-state index in [1.54, 1.807) is 0 Å². The number of anilines is 1. The van der Waals surface area contributed by atoms with Crippen LogP contribution in [0.3, 0.4) is 0 Å². The number of alkyl halides is 1. The number of hydrogen-bond donors (Lipinski definition) is 2. The Labute approximate surface area is 87.9 Å². The van der Waals surface area contributed by atoms with Crippen molar-refractivity contribution in [1.29, 1.82) is 0 Å². The normalized spacial score (nSPS) is 10.7. The molecule has 2 aromatic rings. The van der Waals surface area contributed by atoms with Crippen LogP contribution in [0.4, 0.5) is 5.82 Å². The van der Waals surface area contributed by atoms with Gasteiger partial charge in [0, 0.05) is 0 Å². The highest BCUT2D eigenvalue weighted by Crippen LogP contribution is 2.07. The lowest BCUT2D eigenvalue weighted by Crippen LogP contribution is -2.24. The summed E-state index contributed by atoms with van der Waals surface area (Å²) >= 11 is 5.35. The Morgan fingerprint density at radius 1 is 1.67 bits per heavy atom. The largest absolute Gasteiger partial charge is 0.383 e. The molecule has 0 aliphatic carbocycles. The Balaban J connectivity index is 2.84. The van der Waals surface area contributed by atoms with E-state index >= 15 is 0 Å². The van der Waals surface area contributed by atoms with Crippen LogP contribution < -0.4 is 11.3 Å². The molecule has 0 atom stereocenters. The smallest absolute Gasteiger partial charge is 0.265 e. The average Bonchev–Trinajstić information content (AvgIpc) is 2.65. The summed E-state index contributed by atoms with van der Waals surface area (Å²) in [5.74, 6) is -0.735. The summed E-state index contributed by atoms with van der Waals surface area (Å²) < 4.78 is 1.17. The maximum absolute atomic E-state index is 11.5. The third kappa shape index (κ3) is 1.37. The molecule has 0 aliphatic rings. The van der Waals surface area contributed by atoms with Crippen LogP contribution in [-0.4, -0.2) is 31.2 Å². The number of rotatable bonds is 2. The first-order chi connectivity index (χ1) is 7.15. The molecule has 3 N–H and O–H groups in total. The molecule has 2 heterocycles.